The maximum Gasteiger partial charge on any atom is 0.174 e. The van der Waals surface area contributed by atoms with Gasteiger partial charge in [-0.05, 0) is 74.1 Å². The van der Waals surface area contributed by atoms with E-state index in [2.05, 4.69) is 57.9 Å². The van der Waals surface area contributed by atoms with Crippen molar-refractivity contribution >= 4 is 23.0 Å². The number of aryl methyl sites for hydroxylation is 1. The molecule has 1 saturated heterocycles. The number of thiocarbonyl (C=S) groups is 1. The summed E-state index contributed by atoms with van der Waals surface area (Å²) in [5.41, 5.74) is 6.42. The van der Waals surface area contributed by atoms with Gasteiger partial charge in [-0.2, -0.15) is 0 Å². The largest absolute Gasteiger partial charge is 0.497 e. The van der Waals surface area contributed by atoms with Gasteiger partial charge in [-0.15, -0.1) is 0 Å². The zero-order valence-electron chi connectivity index (χ0n) is 20.2. The number of pyridine rings is 1. The van der Waals surface area contributed by atoms with Crippen LogP contribution in [-0.4, -0.2) is 28.9 Å². The van der Waals surface area contributed by atoms with Crippen molar-refractivity contribution in [2.75, 3.05) is 19.1 Å². The predicted molar refractivity (Wildman–Crippen MR) is 143 cm³/mol. The van der Waals surface area contributed by atoms with Crippen molar-refractivity contribution in [2.45, 2.75) is 25.9 Å². The number of nitrogens with zero attached hydrogens (tertiary/aromatic N) is 3. The summed E-state index contributed by atoms with van der Waals surface area (Å²) in [5.74, 6) is 1.61. The summed E-state index contributed by atoms with van der Waals surface area (Å²) in [6.45, 7) is 4.28. The molecule has 2 atom stereocenters. The average Bonchev–Trinajstić information content (AvgIpc) is 3.39. The highest BCUT2D eigenvalue weighted by Crippen LogP contribution is 2.44. The molecule has 0 spiro atoms. The molecular formula is C28H28N4O2S. The number of nitrogens with one attached hydrogen (secondary N) is 1. The fraction of sp³-hybridized carbons (Fsp3) is 0.214. The monoisotopic (exact) mass is 484 g/mol. The van der Waals surface area contributed by atoms with E-state index in [0.717, 1.165) is 40.0 Å². The van der Waals surface area contributed by atoms with Crippen LogP contribution in [0.25, 0.3) is 5.69 Å². The molecule has 0 aliphatic carbocycles. The van der Waals surface area contributed by atoms with Crippen LogP contribution in [0, 0.1) is 13.8 Å². The molecule has 0 saturated carbocycles. The molecule has 3 heterocycles. The lowest BCUT2D eigenvalue weighted by Gasteiger charge is -2.28. The molecule has 1 N–H and O–H groups in total. The number of hydrogen-bond acceptors (Lipinski definition) is 4. The molecule has 5 rings (SSSR count). The first kappa shape index (κ1) is 22.9. The zero-order chi connectivity index (χ0) is 24.5. The number of rotatable bonds is 6. The lowest BCUT2D eigenvalue weighted by Crippen LogP contribution is -2.29. The minimum Gasteiger partial charge on any atom is -0.497 e. The first-order valence-electron chi connectivity index (χ1n) is 11.5. The predicted octanol–water partition coefficient (Wildman–Crippen LogP) is 5.68. The molecule has 35 heavy (non-hydrogen) atoms. The van der Waals surface area contributed by atoms with Crippen molar-refractivity contribution in [3.05, 3.63) is 102 Å². The van der Waals surface area contributed by atoms with Crippen molar-refractivity contribution in [1.29, 1.82) is 0 Å². The summed E-state index contributed by atoms with van der Waals surface area (Å²) in [5, 5.41) is 4.20. The highest BCUT2D eigenvalue weighted by Gasteiger charge is 2.42. The Morgan fingerprint density at radius 3 is 2.20 bits per heavy atom. The fourth-order valence-electron chi connectivity index (χ4n) is 4.94. The van der Waals surface area contributed by atoms with Crippen LogP contribution in [0.3, 0.4) is 0 Å². The van der Waals surface area contributed by atoms with E-state index >= 15 is 0 Å². The topological polar surface area (TPSA) is 51.5 Å². The number of ether oxygens (including phenoxy) is 2. The van der Waals surface area contributed by atoms with Gasteiger partial charge in [0.15, 0.2) is 5.11 Å². The van der Waals surface area contributed by atoms with Crippen molar-refractivity contribution < 1.29 is 9.47 Å². The van der Waals surface area contributed by atoms with Crippen molar-refractivity contribution in [3.63, 3.8) is 0 Å². The molecule has 6 nitrogen and oxygen atoms in total. The molecule has 0 unspecified atom stereocenters. The van der Waals surface area contributed by atoms with Gasteiger partial charge in [0, 0.05) is 41.1 Å². The van der Waals surface area contributed by atoms with E-state index < -0.39 is 0 Å². The molecule has 1 fully saturated rings. The van der Waals surface area contributed by atoms with E-state index in [1.165, 1.54) is 5.56 Å². The Balaban J connectivity index is 1.68. The average molecular weight is 485 g/mol. The van der Waals surface area contributed by atoms with E-state index in [-0.39, 0.29) is 12.1 Å². The Kier molecular flexibility index (Phi) is 6.17. The van der Waals surface area contributed by atoms with Crippen LogP contribution in [0.5, 0.6) is 11.5 Å². The molecule has 2 aromatic heterocycles. The molecule has 0 bridgehead atoms. The summed E-state index contributed by atoms with van der Waals surface area (Å²) in [6, 6.07) is 24.1. The first-order valence-corrected chi connectivity index (χ1v) is 11.9. The van der Waals surface area contributed by atoms with Crippen molar-refractivity contribution in [3.8, 4) is 17.2 Å². The lowest BCUT2D eigenvalue weighted by molar-refractivity contribution is 0.414. The number of methoxy groups -OCH3 is 2. The van der Waals surface area contributed by atoms with Gasteiger partial charge in [0.1, 0.15) is 11.5 Å². The van der Waals surface area contributed by atoms with Crippen LogP contribution in [0.4, 0.5) is 5.69 Å². The maximum atomic E-state index is 5.89. The van der Waals surface area contributed by atoms with Crippen LogP contribution in [0.15, 0.2) is 79.0 Å². The molecular weight excluding hydrogens is 456 g/mol. The fourth-order valence-corrected chi connectivity index (χ4v) is 5.29. The lowest BCUT2D eigenvalue weighted by atomic mass is 9.96. The highest BCUT2D eigenvalue weighted by molar-refractivity contribution is 7.80. The second kappa shape index (κ2) is 9.43. The van der Waals surface area contributed by atoms with E-state index in [9.17, 15) is 0 Å². The Labute approximate surface area is 211 Å². The second-order valence-corrected chi connectivity index (χ2v) is 8.95. The molecule has 1 aliphatic rings. The third kappa shape index (κ3) is 4.12. The van der Waals surface area contributed by atoms with Gasteiger partial charge in [-0.25, -0.2) is 0 Å². The minimum absolute atomic E-state index is 0.102. The van der Waals surface area contributed by atoms with Gasteiger partial charge in [-0.1, -0.05) is 18.2 Å². The van der Waals surface area contributed by atoms with Gasteiger partial charge in [0.05, 0.1) is 32.0 Å². The number of benzene rings is 2. The van der Waals surface area contributed by atoms with Gasteiger partial charge in [0.25, 0.3) is 0 Å². The summed E-state index contributed by atoms with van der Waals surface area (Å²) >= 11 is 5.89. The van der Waals surface area contributed by atoms with E-state index in [4.69, 9.17) is 21.7 Å². The normalized spacial score (nSPS) is 17.4. The zero-order valence-corrected chi connectivity index (χ0v) is 21.0. The number of anilines is 1. The van der Waals surface area contributed by atoms with Gasteiger partial charge in [-0.3, -0.25) is 4.98 Å². The van der Waals surface area contributed by atoms with Crippen LogP contribution in [-0.2, 0) is 0 Å². The molecule has 0 amide bonds. The molecule has 2 aromatic carbocycles. The standard InChI is InChI=1S/C28H28N4O2S/c1-18-15-24(19(2)31(18)20-9-7-11-22(16-20)33-3)27-26(25-13-5-6-14-29-25)30-28(35)32(27)21-10-8-12-23(17-21)34-4/h5-17,26-27H,1-4H3,(H,30,35)/t26-,27-/m0/s1. The summed E-state index contributed by atoms with van der Waals surface area (Å²) in [7, 11) is 3.37. The van der Waals surface area contributed by atoms with Crippen molar-refractivity contribution in [2.24, 2.45) is 0 Å². The first-order chi connectivity index (χ1) is 17.0. The highest BCUT2D eigenvalue weighted by atomic mass is 32.1. The van der Waals surface area contributed by atoms with Gasteiger partial charge in [0.2, 0.25) is 0 Å². The summed E-state index contributed by atoms with van der Waals surface area (Å²) < 4.78 is 13.3. The Morgan fingerprint density at radius 2 is 1.54 bits per heavy atom. The molecule has 178 valence electrons. The SMILES string of the molecule is COc1cccc(N2C(=S)N[C@@H](c3ccccn3)[C@@H]2c2cc(C)n(-c3cccc(OC)c3)c2C)c1. The van der Waals surface area contributed by atoms with Crippen LogP contribution >= 0.6 is 12.2 Å². The Bertz CT molecular complexity index is 1370. The molecule has 4 aromatic rings. The third-order valence-electron chi connectivity index (χ3n) is 6.53. The third-order valence-corrected chi connectivity index (χ3v) is 6.84. The van der Waals surface area contributed by atoms with E-state index in [1.54, 1.807) is 14.2 Å². The Hall–Kier alpha value is -3.84. The Morgan fingerprint density at radius 1 is 0.857 bits per heavy atom. The van der Waals surface area contributed by atoms with Gasteiger partial charge < -0.3 is 24.3 Å². The van der Waals surface area contributed by atoms with Crippen LogP contribution in [0.1, 0.15) is 34.7 Å². The van der Waals surface area contributed by atoms with Crippen LogP contribution < -0.4 is 19.7 Å². The molecule has 1 aliphatic heterocycles. The molecule has 7 heteroatoms. The quantitative estimate of drug-likeness (QED) is 0.355. The minimum atomic E-state index is -0.117. The molecule has 0 radical (unpaired) electrons. The second-order valence-electron chi connectivity index (χ2n) is 8.56. The number of hydrogen-bond donors (Lipinski definition) is 1. The van der Waals surface area contributed by atoms with Crippen molar-refractivity contribution in [1.82, 2.24) is 14.9 Å². The summed E-state index contributed by atoms with van der Waals surface area (Å²) in [6.07, 6.45) is 1.82. The van der Waals surface area contributed by atoms with Crippen LogP contribution in [0.2, 0.25) is 0 Å². The smallest absolute Gasteiger partial charge is 0.174 e. The van der Waals surface area contributed by atoms with Gasteiger partial charge >= 0.3 is 0 Å². The summed E-state index contributed by atoms with van der Waals surface area (Å²) in [4.78, 5) is 6.85. The van der Waals surface area contributed by atoms with E-state index in [0.29, 0.717) is 5.11 Å². The number of aromatic nitrogens is 2. The van der Waals surface area contributed by atoms with E-state index in [1.807, 2.05) is 54.7 Å². The maximum absolute atomic E-state index is 5.89.